The van der Waals surface area contributed by atoms with Gasteiger partial charge in [0, 0.05) is 18.8 Å². The zero-order chi connectivity index (χ0) is 20.6. The number of benzene rings is 1. The third kappa shape index (κ3) is 7.26. The van der Waals surface area contributed by atoms with Crippen molar-refractivity contribution >= 4 is 12.0 Å². The van der Waals surface area contributed by atoms with E-state index in [9.17, 15) is 9.59 Å². The van der Waals surface area contributed by atoms with Crippen LogP contribution < -0.4 is 15.4 Å². The number of carbonyl (C=O) groups is 2. The van der Waals surface area contributed by atoms with E-state index in [4.69, 9.17) is 9.47 Å². The Labute approximate surface area is 165 Å². The van der Waals surface area contributed by atoms with Crippen molar-refractivity contribution in [3.05, 3.63) is 59.4 Å². The SMILES string of the molecule is Cc1ccc(OCc2ccccc2)c(C(=O)NCCNC(=O)OC(C)(C)C)n1. The summed E-state index contributed by atoms with van der Waals surface area (Å²) in [5, 5.41) is 5.32. The minimum absolute atomic E-state index is 0.216. The van der Waals surface area contributed by atoms with Crippen molar-refractivity contribution in [3.63, 3.8) is 0 Å². The third-order valence-electron chi connectivity index (χ3n) is 3.53. The summed E-state index contributed by atoms with van der Waals surface area (Å²) in [5.41, 5.74) is 1.36. The van der Waals surface area contributed by atoms with Crippen LogP contribution >= 0.6 is 0 Å². The molecule has 0 aliphatic heterocycles. The molecule has 0 radical (unpaired) electrons. The molecular formula is C21H27N3O4. The highest BCUT2D eigenvalue weighted by Crippen LogP contribution is 2.18. The fourth-order valence-corrected chi connectivity index (χ4v) is 2.30. The molecule has 0 saturated carbocycles. The number of hydrogen-bond donors (Lipinski definition) is 2. The van der Waals surface area contributed by atoms with Gasteiger partial charge in [0.2, 0.25) is 0 Å². The standard InChI is InChI=1S/C21H27N3O4/c1-15-10-11-17(27-14-16-8-6-5-7-9-16)18(24-15)19(25)22-12-13-23-20(26)28-21(2,3)4/h5-11H,12-14H2,1-4H3,(H,22,25)(H,23,26). The predicted molar refractivity (Wildman–Crippen MR) is 106 cm³/mol. The Kier molecular flexibility index (Phi) is 7.37. The van der Waals surface area contributed by atoms with Gasteiger partial charge in [0.05, 0.1) is 0 Å². The Hall–Kier alpha value is -3.09. The molecular weight excluding hydrogens is 358 g/mol. The van der Waals surface area contributed by atoms with Crippen LogP contribution in [0.25, 0.3) is 0 Å². The number of carbonyl (C=O) groups excluding carboxylic acids is 2. The summed E-state index contributed by atoms with van der Waals surface area (Å²) in [6.45, 7) is 7.99. The van der Waals surface area contributed by atoms with Crippen molar-refractivity contribution in [2.24, 2.45) is 0 Å². The number of rotatable bonds is 7. The Morgan fingerprint density at radius 2 is 1.68 bits per heavy atom. The molecule has 2 N–H and O–H groups in total. The van der Waals surface area contributed by atoms with Gasteiger partial charge < -0.3 is 20.1 Å². The number of nitrogens with zero attached hydrogens (tertiary/aromatic N) is 1. The van der Waals surface area contributed by atoms with Crippen LogP contribution in [0, 0.1) is 6.92 Å². The summed E-state index contributed by atoms with van der Waals surface area (Å²) >= 11 is 0. The van der Waals surface area contributed by atoms with E-state index in [2.05, 4.69) is 15.6 Å². The first kappa shape index (κ1) is 21.2. The van der Waals surface area contributed by atoms with E-state index in [1.54, 1.807) is 32.9 Å². The minimum Gasteiger partial charge on any atom is -0.486 e. The smallest absolute Gasteiger partial charge is 0.407 e. The van der Waals surface area contributed by atoms with Gasteiger partial charge in [-0.1, -0.05) is 30.3 Å². The molecule has 0 spiro atoms. The van der Waals surface area contributed by atoms with Gasteiger partial charge in [-0.15, -0.1) is 0 Å². The summed E-state index contributed by atoms with van der Waals surface area (Å²) in [7, 11) is 0. The van der Waals surface area contributed by atoms with Crippen molar-refractivity contribution in [1.29, 1.82) is 0 Å². The van der Waals surface area contributed by atoms with Crippen LogP contribution in [0.15, 0.2) is 42.5 Å². The number of ether oxygens (including phenoxy) is 2. The number of pyridine rings is 1. The van der Waals surface area contributed by atoms with Crippen molar-refractivity contribution in [2.75, 3.05) is 13.1 Å². The lowest BCUT2D eigenvalue weighted by Crippen LogP contribution is -2.38. The summed E-state index contributed by atoms with van der Waals surface area (Å²) in [6.07, 6.45) is -0.526. The molecule has 0 bridgehead atoms. The van der Waals surface area contributed by atoms with Gasteiger partial charge >= 0.3 is 6.09 Å². The molecule has 7 heteroatoms. The predicted octanol–water partition coefficient (Wildman–Crippen LogP) is 3.22. The number of amides is 2. The summed E-state index contributed by atoms with van der Waals surface area (Å²) in [4.78, 5) is 28.4. The van der Waals surface area contributed by atoms with E-state index in [1.165, 1.54) is 0 Å². The Balaban J connectivity index is 1.89. The van der Waals surface area contributed by atoms with Crippen LogP contribution in [0.2, 0.25) is 0 Å². The fraction of sp³-hybridized carbons (Fsp3) is 0.381. The third-order valence-corrected chi connectivity index (χ3v) is 3.53. The van der Waals surface area contributed by atoms with E-state index >= 15 is 0 Å². The molecule has 2 amide bonds. The zero-order valence-corrected chi connectivity index (χ0v) is 16.7. The van der Waals surface area contributed by atoms with Gasteiger partial charge in [-0.25, -0.2) is 9.78 Å². The van der Waals surface area contributed by atoms with Crippen molar-refractivity contribution in [3.8, 4) is 5.75 Å². The maximum absolute atomic E-state index is 12.5. The maximum atomic E-state index is 12.5. The number of aryl methyl sites for hydroxylation is 1. The van der Waals surface area contributed by atoms with E-state index < -0.39 is 11.7 Å². The van der Waals surface area contributed by atoms with Crippen molar-refractivity contribution in [1.82, 2.24) is 15.6 Å². The number of aromatic nitrogens is 1. The largest absolute Gasteiger partial charge is 0.486 e. The molecule has 0 unspecified atom stereocenters. The molecule has 1 aromatic heterocycles. The van der Waals surface area contributed by atoms with Gasteiger partial charge in [-0.05, 0) is 45.4 Å². The highest BCUT2D eigenvalue weighted by atomic mass is 16.6. The van der Waals surface area contributed by atoms with E-state index in [0.717, 1.165) is 5.56 Å². The topological polar surface area (TPSA) is 89.6 Å². The molecule has 7 nitrogen and oxygen atoms in total. The Morgan fingerprint density at radius 3 is 2.36 bits per heavy atom. The molecule has 28 heavy (non-hydrogen) atoms. The lowest BCUT2D eigenvalue weighted by molar-refractivity contribution is 0.0526. The molecule has 0 saturated heterocycles. The molecule has 0 aliphatic carbocycles. The molecule has 2 aromatic rings. The van der Waals surface area contributed by atoms with Crippen LogP contribution in [0.1, 0.15) is 42.5 Å². The summed E-state index contributed by atoms with van der Waals surface area (Å²) < 4.78 is 10.9. The molecule has 0 atom stereocenters. The van der Waals surface area contributed by atoms with E-state index in [1.807, 2.05) is 37.3 Å². The quantitative estimate of drug-likeness (QED) is 0.714. The molecule has 0 aliphatic rings. The van der Waals surface area contributed by atoms with Crippen LogP contribution in [0.3, 0.4) is 0 Å². The Morgan fingerprint density at radius 1 is 1.00 bits per heavy atom. The second-order valence-corrected chi connectivity index (χ2v) is 7.26. The van der Waals surface area contributed by atoms with Gasteiger partial charge in [0.1, 0.15) is 12.2 Å². The van der Waals surface area contributed by atoms with Gasteiger partial charge in [-0.3, -0.25) is 4.79 Å². The first-order valence-electron chi connectivity index (χ1n) is 9.14. The normalized spacial score (nSPS) is 10.9. The number of nitrogens with one attached hydrogen (secondary N) is 2. The van der Waals surface area contributed by atoms with E-state index in [-0.39, 0.29) is 24.7 Å². The number of alkyl carbamates (subject to hydrolysis) is 1. The van der Waals surface area contributed by atoms with E-state index in [0.29, 0.717) is 18.1 Å². The summed E-state index contributed by atoms with van der Waals surface area (Å²) in [5.74, 6) is 0.0461. The second-order valence-electron chi connectivity index (χ2n) is 7.26. The molecule has 1 heterocycles. The molecule has 1 aromatic carbocycles. The van der Waals surface area contributed by atoms with Crippen LogP contribution in [0.5, 0.6) is 5.75 Å². The van der Waals surface area contributed by atoms with Gasteiger partial charge in [-0.2, -0.15) is 0 Å². The zero-order valence-electron chi connectivity index (χ0n) is 16.7. The summed E-state index contributed by atoms with van der Waals surface area (Å²) in [6, 6.07) is 13.2. The molecule has 150 valence electrons. The van der Waals surface area contributed by atoms with Crippen molar-refractivity contribution < 1.29 is 19.1 Å². The maximum Gasteiger partial charge on any atom is 0.407 e. The highest BCUT2D eigenvalue weighted by molar-refractivity contribution is 5.95. The highest BCUT2D eigenvalue weighted by Gasteiger charge is 2.17. The molecule has 0 fully saturated rings. The average molecular weight is 385 g/mol. The van der Waals surface area contributed by atoms with Crippen LogP contribution in [0.4, 0.5) is 4.79 Å². The lowest BCUT2D eigenvalue weighted by atomic mass is 10.2. The molecule has 2 rings (SSSR count). The number of hydrogen-bond acceptors (Lipinski definition) is 5. The lowest BCUT2D eigenvalue weighted by Gasteiger charge is -2.19. The van der Waals surface area contributed by atoms with Gasteiger partial charge in [0.15, 0.2) is 11.4 Å². The van der Waals surface area contributed by atoms with Gasteiger partial charge in [0.25, 0.3) is 5.91 Å². The average Bonchev–Trinajstić information content (AvgIpc) is 2.63. The monoisotopic (exact) mass is 385 g/mol. The van der Waals surface area contributed by atoms with Crippen LogP contribution in [-0.4, -0.2) is 35.7 Å². The fourth-order valence-electron chi connectivity index (χ4n) is 2.30. The Bertz CT molecular complexity index is 801. The minimum atomic E-state index is -0.566. The van der Waals surface area contributed by atoms with Crippen molar-refractivity contribution in [2.45, 2.75) is 39.9 Å². The van der Waals surface area contributed by atoms with Crippen LogP contribution in [-0.2, 0) is 11.3 Å². The first-order valence-corrected chi connectivity index (χ1v) is 9.14. The first-order chi connectivity index (χ1) is 13.2. The second kappa shape index (κ2) is 9.73.